The van der Waals surface area contributed by atoms with Crippen LogP contribution in [0.15, 0.2) is 54.6 Å². The molecular weight excluding hydrogens is 360 g/mol. The molecule has 2 aromatic rings. The van der Waals surface area contributed by atoms with E-state index in [0.29, 0.717) is 22.7 Å². The van der Waals surface area contributed by atoms with E-state index in [1.807, 2.05) is 24.3 Å². The third-order valence-electron chi connectivity index (χ3n) is 3.75. The fourth-order valence-electron chi connectivity index (χ4n) is 2.25. The van der Waals surface area contributed by atoms with Crippen molar-refractivity contribution in [3.05, 3.63) is 60.2 Å². The maximum Gasteiger partial charge on any atom is 0.331 e. The fraction of sp³-hybridized carbons (Fsp3) is 0.190. The number of para-hydroxylation sites is 1. The Bertz CT molecular complexity index is 887. The first-order valence-corrected chi connectivity index (χ1v) is 8.39. The zero-order chi connectivity index (χ0) is 20.4. The number of hydrogen-bond donors (Lipinski definition) is 0. The molecule has 7 heteroatoms. The minimum Gasteiger partial charge on any atom is -0.493 e. The predicted octanol–water partition coefficient (Wildman–Crippen LogP) is 2.82. The molecule has 0 N–H and O–H groups in total. The molecule has 2 rings (SSSR count). The molecule has 0 fully saturated rings. The van der Waals surface area contributed by atoms with Crippen molar-refractivity contribution in [1.82, 2.24) is 0 Å². The largest absolute Gasteiger partial charge is 0.493 e. The molecule has 0 spiro atoms. The van der Waals surface area contributed by atoms with Gasteiger partial charge in [-0.05, 0) is 35.9 Å². The molecule has 0 heterocycles. The van der Waals surface area contributed by atoms with E-state index in [2.05, 4.69) is 0 Å². The number of ether oxygens (including phenoxy) is 3. The number of carbonyl (C=O) groups is 2. The molecule has 0 aliphatic heterocycles. The van der Waals surface area contributed by atoms with Crippen molar-refractivity contribution in [2.24, 2.45) is 0 Å². The van der Waals surface area contributed by atoms with Crippen LogP contribution in [0.3, 0.4) is 0 Å². The smallest absolute Gasteiger partial charge is 0.331 e. The average molecular weight is 380 g/mol. The third-order valence-corrected chi connectivity index (χ3v) is 3.75. The van der Waals surface area contributed by atoms with Gasteiger partial charge in [0.1, 0.15) is 6.07 Å². The quantitative estimate of drug-likeness (QED) is 0.517. The summed E-state index contributed by atoms with van der Waals surface area (Å²) in [6.07, 6.45) is 2.75. The molecule has 0 atom stereocenters. The summed E-state index contributed by atoms with van der Waals surface area (Å²) < 4.78 is 15.4. The lowest BCUT2D eigenvalue weighted by Crippen LogP contribution is -2.30. The summed E-state index contributed by atoms with van der Waals surface area (Å²) >= 11 is 0. The number of amides is 1. The number of nitriles is 1. The lowest BCUT2D eigenvalue weighted by Gasteiger charge is -2.16. The van der Waals surface area contributed by atoms with Gasteiger partial charge in [-0.25, -0.2) is 4.79 Å². The molecular formula is C21H20N2O5. The lowest BCUT2D eigenvalue weighted by molar-refractivity contribution is -0.142. The standard InChI is InChI=1S/C21H20N2O5/c1-23(17-6-4-3-5-7-17)20(24)15-28-21(25)11-9-16-8-10-18(27-13-12-22)19(14-16)26-2/h3-11,14H,13,15H2,1-2H3/b11-9+. The van der Waals surface area contributed by atoms with E-state index in [0.717, 1.165) is 0 Å². The molecule has 0 aliphatic carbocycles. The fourth-order valence-corrected chi connectivity index (χ4v) is 2.25. The van der Waals surface area contributed by atoms with Crippen LogP contribution in [0.2, 0.25) is 0 Å². The first-order chi connectivity index (χ1) is 13.5. The third kappa shape index (κ3) is 5.88. The molecule has 1 amide bonds. The van der Waals surface area contributed by atoms with E-state index >= 15 is 0 Å². The second-order valence-corrected chi connectivity index (χ2v) is 5.59. The zero-order valence-electron chi connectivity index (χ0n) is 15.6. The summed E-state index contributed by atoms with van der Waals surface area (Å²) in [5.74, 6) is -0.115. The number of nitrogens with zero attached hydrogens (tertiary/aromatic N) is 2. The van der Waals surface area contributed by atoms with Crippen molar-refractivity contribution in [1.29, 1.82) is 5.26 Å². The number of rotatable bonds is 8. The first kappa shape index (κ1) is 20.5. The highest BCUT2D eigenvalue weighted by Gasteiger charge is 2.12. The molecule has 0 radical (unpaired) electrons. The minimum atomic E-state index is -0.640. The van der Waals surface area contributed by atoms with Crippen LogP contribution in [0.5, 0.6) is 11.5 Å². The normalized spacial score (nSPS) is 10.2. The van der Waals surface area contributed by atoms with E-state index in [-0.39, 0.29) is 19.1 Å². The molecule has 0 aliphatic rings. The molecule has 28 heavy (non-hydrogen) atoms. The summed E-state index contributed by atoms with van der Waals surface area (Å²) in [6, 6.07) is 15.9. The molecule has 0 unspecified atom stereocenters. The van der Waals surface area contributed by atoms with Crippen molar-refractivity contribution in [3.8, 4) is 17.6 Å². The van der Waals surface area contributed by atoms with Crippen molar-refractivity contribution < 1.29 is 23.8 Å². The van der Waals surface area contributed by atoms with Crippen LogP contribution in [0, 0.1) is 11.3 Å². The van der Waals surface area contributed by atoms with E-state index in [1.54, 1.807) is 37.4 Å². The van der Waals surface area contributed by atoms with E-state index < -0.39 is 5.97 Å². The average Bonchev–Trinajstić information content (AvgIpc) is 2.74. The molecule has 0 aromatic heterocycles. The number of methoxy groups -OCH3 is 1. The molecule has 0 saturated heterocycles. The summed E-state index contributed by atoms with van der Waals surface area (Å²) in [5.41, 5.74) is 1.38. The SMILES string of the molecule is COc1cc(/C=C/C(=O)OCC(=O)N(C)c2ccccc2)ccc1OCC#N. The van der Waals surface area contributed by atoms with E-state index in [9.17, 15) is 9.59 Å². The van der Waals surface area contributed by atoms with Crippen molar-refractivity contribution in [2.75, 3.05) is 32.3 Å². The van der Waals surface area contributed by atoms with Gasteiger partial charge in [0, 0.05) is 18.8 Å². The topological polar surface area (TPSA) is 88.9 Å². The number of likely N-dealkylation sites (N-methyl/N-ethyl adjacent to an activating group) is 1. The number of hydrogen-bond acceptors (Lipinski definition) is 6. The molecule has 144 valence electrons. The Balaban J connectivity index is 1.91. The van der Waals surface area contributed by atoms with Crippen molar-refractivity contribution in [3.63, 3.8) is 0 Å². The molecule has 2 aromatic carbocycles. The van der Waals surface area contributed by atoms with Gasteiger partial charge in [0.25, 0.3) is 5.91 Å². The van der Waals surface area contributed by atoms with Crippen LogP contribution in [-0.2, 0) is 14.3 Å². The monoisotopic (exact) mass is 380 g/mol. The molecule has 0 saturated carbocycles. The second kappa shape index (κ2) is 10.4. The Morgan fingerprint density at radius 1 is 1.14 bits per heavy atom. The van der Waals surface area contributed by atoms with E-state index in [4.69, 9.17) is 19.5 Å². The summed E-state index contributed by atoms with van der Waals surface area (Å²) in [5, 5.41) is 8.57. The Hall–Kier alpha value is -3.79. The molecule has 7 nitrogen and oxygen atoms in total. The Morgan fingerprint density at radius 3 is 2.57 bits per heavy atom. The number of esters is 1. The number of anilines is 1. The van der Waals surface area contributed by atoms with Crippen molar-refractivity contribution >= 4 is 23.6 Å². The Morgan fingerprint density at radius 2 is 1.89 bits per heavy atom. The van der Waals surface area contributed by atoms with Gasteiger partial charge in [0.05, 0.1) is 7.11 Å². The Kier molecular flexibility index (Phi) is 7.61. The van der Waals surface area contributed by atoms with Crippen LogP contribution in [0.4, 0.5) is 5.69 Å². The summed E-state index contributed by atoms with van der Waals surface area (Å²) in [7, 11) is 3.09. The minimum absolute atomic E-state index is 0.0939. The maximum absolute atomic E-state index is 12.1. The maximum atomic E-state index is 12.1. The van der Waals surface area contributed by atoms with Gasteiger partial charge in [-0.2, -0.15) is 5.26 Å². The molecule has 0 bridgehead atoms. The van der Waals surface area contributed by atoms with Gasteiger partial charge in [0.2, 0.25) is 0 Å². The van der Waals surface area contributed by atoms with Gasteiger partial charge in [0.15, 0.2) is 24.7 Å². The highest BCUT2D eigenvalue weighted by Crippen LogP contribution is 2.28. The van der Waals surface area contributed by atoms with Gasteiger partial charge in [-0.3, -0.25) is 4.79 Å². The lowest BCUT2D eigenvalue weighted by atomic mass is 10.2. The van der Waals surface area contributed by atoms with Gasteiger partial charge < -0.3 is 19.1 Å². The number of benzene rings is 2. The van der Waals surface area contributed by atoms with Crippen LogP contribution >= 0.6 is 0 Å². The van der Waals surface area contributed by atoms with Gasteiger partial charge >= 0.3 is 5.97 Å². The van der Waals surface area contributed by atoms with Crippen LogP contribution in [0.1, 0.15) is 5.56 Å². The van der Waals surface area contributed by atoms with Crippen LogP contribution in [-0.4, -0.2) is 39.2 Å². The van der Waals surface area contributed by atoms with Crippen LogP contribution < -0.4 is 14.4 Å². The summed E-state index contributed by atoms with van der Waals surface area (Å²) in [6.45, 7) is -0.456. The Labute approximate surface area is 163 Å². The van der Waals surface area contributed by atoms with Gasteiger partial charge in [-0.15, -0.1) is 0 Å². The van der Waals surface area contributed by atoms with E-state index in [1.165, 1.54) is 24.2 Å². The first-order valence-electron chi connectivity index (χ1n) is 8.39. The summed E-state index contributed by atoms with van der Waals surface area (Å²) in [4.78, 5) is 25.4. The predicted molar refractivity (Wildman–Crippen MR) is 104 cm³/mol. The highest BCUT2D eigenvalue weighted by molar-refractivity contribution is 5.96. The van der Waals surface area contributed by atoms with Crippen molar-refractivity contribution in [2.45, 2.75) is 0 Å². The zero-order valence-corrected chi connectivity index (χ0v) is 15.6. The second-order valence-electron chi connectivity index (χ2n) is 5.59. The van der Waals surface area contributed by atoms with Gasteiger partial charge in [-0.1, -0.05) is 24.3 Å². The van der Waals surface area contributed by atoms with Crippen LogP contribution in [0.25, 0.3) is 6.08 Å². The highest BCUT2D eigenvalue weighted by atomic mass is 16.5. The number of carbonyl (C=O) groups excluding carboxylic acids is 2.